The molecule has 0 heterocycles. The van der Waals surface area contributed by atoms with Crippen molar-refractivity contribution in [3.05, 3.63) is 0 Å². The minimum atomic E-state index is -0.580. The molecule has 1 aliphatic rings. The molecule has 0 aromatic carbocycles. The molecule has 0 saturated heterocycles. The lowest BCUT2D eigenvalue weighted by atomic mass is 9.94. The summed E-state index contributed by atoms with van der Waals surface area (Å²) < 4.78 is 0. The number of rotatable bonds is 7. The lowest BCUT2D eigenvalue weighted by Gasteiger charge is -2.26. The molecule has 0 radical (unpaired) electrons. The molecule has 0 aromatic heterocycles. The molecule has 6 heteroatoms. The average Bonchev–Trinajstić information content (AvgIpc) is 3.18. The number of amidine groups is 1. The van der Waals surface area contributed by atoms with Gasteiger partial charge in [0, 0.05) is 18.6 Å². The number of oxime groups is 1. The summed E-state index contributed by atoms with van der Waals surface area (Å²) in [4.78, 5) is 14.4. The predicted molar refractivity (Wildman–Crippen MR) is 75.0 cm³/mol. The van der Waals surface area contributed by atoms with E-state index < -0.39 is 5.92 Å². The van der Waals surface area contributed by atoms with Crippen LogP contribution in [0.5, 0.6) is 0 Å². The molecule has 0 bridgehead atoms. The first-order valence-electron chi connectivity index (χ1n) is 6.85. The van der Waals surface area contributed by atoms with Gasteiger partial charge < -0.3 is 16.3 Å². The van der Waals surface area contributed by atoms with Gasteiger partial charge in [0.25, 0.3) is 0 Å². The summed E-state index contributed by atoms with van der Waals surface area (Å²) in [6.45, 7) is 6.42. The van der Waals surface area contributed by atoms with Gasteiger partial charge in [-0.25, -0.2) is 0 Å². The highest BCUT2D eigenvalue weighted by Gasteiger charge is 2.30. The first kappa shape index (κ1) is 15.8. The molecule has 1 amide bonds. The van der Waals surface area contributed by atoms with Gasteiger partial charge in [-0.3, -0.25) is 9.69 Å². The summed E-state index contributed by atoms with van der Waals surface area (Å²) in [5, 5.41) is 14.6. The lowest BCUT2D eigenvalue weighted by molar-refractivity contribution is -0.124. The zero-order valence-electron chi connectivity index (χ0n) is 12.3. The molecule has 110 valence electrons. The van der Waals surface area contributed by atoms with E-state index in [-0.39, 0.29) is 23.7 Å². The van der Waals surface area contributed by atoms with Crippen molar-refractivity contribution in [1.82, 2.24) is 10.2 Å². The van der Waals surface area contributed by atoms with E-state index in [1.54, 1.807) is 0 Å². The highest BCUT2D eigenvalue weighted by molar-refractivity contribution is 6.02. The maximum absolute atomic E-state index is 12.1. The normalized spacial score (nSPS) is 19.6. The Balaban J connectivity index is 2.48. The smallest absolute Gasteiger partial charge is 0.231 e. The van der Waals surface area contributed by atoms with Crippen LogP contribution in [-0.4, -0.2) is 47.5 Å². The third-order valence-electron chi connectivity index (χ3n) is 3.77. The van der Waals surface area contributed by atoms with E-state index in [1.807, 2.05) is 13.8 Å². The zero-order valence-corrected chi connectivity index (χ0v) is 12.3. The molecule has 1 rings (SSSR count). The fraction of sp³-hybridized carbons (Fsp3) is 0.846. The molecule has 6 nitrogen and oxygen atoms in total. The zero-order chi connectivity index (χ0) is 14.6. The molecule has 0 aromatic rings. The Hall–Kier alpha value is -1.30. The largest absolute Gasteiger partial charge is 0.409 e. The Labute approximate surface area is 115 Å². The first-order chi connectivity index (χ1) is 8.88. The van der Waals surface area contributed by atoms with E-state index in [0.29, 0.717) is 12.6 Å². The van der Waals surface area contributed by atoms with Crippen molar-refractivity contribution < 1.29 is 10.0 Å². The maximum Gasteiger partial charge on any atom is 0.231 e. The van der Waals surface area contributed by atoms with Gasteiger partial charge in [0.1, 0.15) is 5.92 Å². The molecular formula is C13H26N4O2. The standard InChI is InChI=1S/C13H26N4O2/c1-8(2)11(12(14)16-19)13(18)15-7-9(3)17(4)10-5-6-10/h8-11,19H,5-7H2,1-4H3,(H2,14,16)(H,15,18). The number of nitrogens with one attached hydrogen (secondary N) is 1. The van der Waals surface area contributed by atoms with Crippen LogP contribution in [0.1, 0.15) is 33.6 Å². The van der Waals surface area contributed by atoms with Crippen LogP contribution in [0.25, 0.3) is 0 Å². The van der Waals surface area contributed by atoms with Crippen molar-refractivity contribution in [1.29, 1.82) is 0 Å². The Morgan fingerprint density at radius 2 is 2.05 bits per heavy atom. The van der Waals surface area contributed by atoms with Crippen LogP contribution in [-0.2, 0) is 4.79 Å². The molecule has 0 aliphatic heterocycles. The number of nitrogens with two attached hydrogens (primary N) is 1. The summed E-state index contributed by atoms with van der Waals surface area (Å²) >= 11 is 0. The van der Waals surface area contributed by atoms with Crippen molar-refractivity contribution in [3.63, 3.8) is 0 Å². The van der Waals surface area contributed by atoms with Crippen molar-refractivity contribution >= 4 is 11.7 Å². The Morgan fingerprint density at radius 1 is 1.47 bits per heavy atom. The summed E-state index contributed by atoms with van der Waals surface area (Å²) in [5.74, 6) is -0.798. The Kier molecular flexibility index (Phi) is 5.60. The molecule has 4 N–H and O–H groups in total. The second-order valence-corrected chi connectivity index (χ2v) is 5.74. The quantitative estimate of drug-likeness (QED) is 0.273. The van der Waals surface area contributed by atoms with Gasteiger partial charge in [0.2, 0.25) is 5.91 Å². The first-order valence-corrected chi connectivity index (χ1v) is 6.85. The molecule has 2 unspecified atom stereocenters. The van der Waals surface area contributed by atoms with Crippen LogP contribution in [0, 0.1) is 11.8 Å². The van der Waals surface area contributed by atoms with Gasteiger partial charge in [-0.15, -0.1) is 0 Å². The van der Waals surface area contributed by atoms with Crippen molar-refractivity contribution in [2.75, 3.05) is 13.6 Å². The van der Waals surface area contributed by atoms with Gasteiger partial charge in [0.05, 0.1) is 0 Å². The topological polar surface area (TPSA) is 91.0 Å². The van der Waals surface area contributed by atoms with E-state index >= 15 is 0 Å². The van der Waals surface area contributed by atoms with E-state index in [4.69, 9.17) is 10.9 Å². The second-order valence-electron chi connectivity index (χ2n) is 5.74. The Morgan fingerprint density at radius 3 is 2.47 bits per heavy atom. The van der Waals surface area contributed by atoms with E-state index in [1.165, 1.54) is 12.8 Å². The summed E-state index contributed by atoms with van der Waals surface area (Å²) in [6, 6.07) is 0.952. The van der Waals surface area contributed by atoms with Crippen LogP contribution < -0.4 is 11.1 Å². The summed E-state index contributed by atoms with van der Waals surface area (Å²) in [5.41, 5.74) is 5.57. The van der Waals surface area contributed by atoms with E-state index in [2.05, 4.69) is 29.3 Å². The number of carbonyl (C=O) groups is 1. The number of nitrogens with zero attached hydrogens (tertiary/aromatic N) is 2. The molecule has 2 atom stereocenters. The third kappa shape index (κ3) is 4.38. The fourth-order valence-corrected chi connectivity index (χ4v) is 2.18. The van der Waals surface area contributed by atoms with Gasteiger partial charge in [-0.05, 0) is 32.7 Å². The van der Waals surface area contributed by atoms with Gasteiger partial charge in [-0.1, -0.05) is 19.0 Å². The number of carbonyl (C=O) groups excluding carboxylic acids is 1. The monoisotopic (exact) mass is 270 g/mol. The lowest BCUT2D eigenvalue weighted by Crippen LogP contribution is -2.46. The SMILES string of the molecule is CC(C)C(C(=O)NCC(C)N(C)C1CC1)C(N)=NO. The fourth-order valence-electron chi connectivity index (χ4n) is 2.18. The van der Waals surface area contributed by atoms with Crippen LogP contribution in [0.15, 0.2) is 5.16 Å². The molecule has 0 spiro atoms. The molecule has 1 fully saturated rings. The summed E-state index contributed by atoms with van der Waals surface area (Å²) in [7, 11) is 2.08. The van der Waals surface area contributed by atoms with Crippen LogP contribution >= 0.6 is 0 Å². The highest BCUT2D eigenvalue weighted by Crippen LogP contribution is 2.26. The number of hydrogen-bond donors (Lipinski definition) is 3. The summed E-state index contributed by atoms with van der Waals surface area (Å²) in [6.07, 6.45) is 2.49. The molecule has 1 aliphatic carbocycles. The minimum Gasteiger partial charge on any atom is -0.409 e. The Bertz CT molecular complexity index is 340. The molecular weight excluding hydrogens is 244 g/mol. The predicted octanol–water partition coefficient (Wildman–Crippen LogP) is 0.604. The number of likely N-dealkylation sites (N-methyl/N-ethyl adjacent to an activating group) is 1. The van der Waals surface area contributed by atoms with Crippen molar-refractivity contribution in [2.45, 2.75) is 45.7 Å². The van der Waals surface area contributed by atoms with Gasteiger partial charge in [0.15, 0.2) is 5.84 Å². The van der Waals surface area contributed by atoms with E-state index in [0.717, 1.165) is 0 Å². The molecule has 1 saturated carbocycles. The van der Waals surface area contributed by atoms with Gasteiger partial charge >= 0.3 is 0 Å². The minimum absolute atomic E-state index is 0.00707. The van der Waals surface area contributed by atoms with E-state index in [9.17, 15) is 4.79 Å². The third-order valence-corrected chi connectivity index (χ3v) is 3.77. The molecule has 19 heavy (non-hydrogen) atoms. The van der Waals surface area contributed by atoms with Crippen LogP contribution in [0.4, 0.5) is 0 Å². The average molecular weight is 270 g/mol. The second kappa shape index (κ2) is 6.75. The highest BCUT2D eigenvalue weighted by atomic mass is 16.4. The van der Waals surface area contributed by atoms with Crippen LogP contribution in [0.3, 0.4) is 0 Å². The number of amides is 1. The van der Waals surface area contributed by atoms with Gasteiger partial charge in [-0.2, -0.15) is 0 Å². The maximum atomic E-state index is 12.1. The van der Waals surface area contributed by atoms with Crippen molar-refractivity contribution in [3.8, 4) is 0 Å². The van der Waals surface area contributed by atoms with Crippen molar-refractivity contribution in [2.24, 2.45) is 22.7 Å². The van der Waals surface area contributed by atoms with Crippen LogP contribution in [0.2, 0.25) is 0 Å². The number of hydrogen-bond acceptors (Lipinski definition) is 4.